The van der Waals surface area contributed by atoms with Gasteiger partial charge in [-0.2, -0.15) is 5.10 Å². The topological polar surface area (TPSA) is 101 Å². The van der Waals surface area contributed by atoms with Gasteiger partial charge in [0.15, 0.2) is 0 Å². The van der Waals surface area contributed by atoms with Crippen molar-refractivity contribution in [2.24, 2.45) is 5.73 Å². The van der Waals surface area contributed by atoms with Gasteiger partial charge in [-0.1, -0.05) is 12.1 Å². The number of nitrogens with two attached hydrogens (primary N) is 1. The first-order valence-corrected chi connectivity index (χ1v) is 7.33. The van der Waals surface area contributed by atoms with Crippen molar-refractivity contribution in [3.63, 3.8) is 0 Å². The molecule has 0 atom stereocenters. The first kappa shape index (κ1) is 13.6. The van der Waals surface area contributed by atoms with Crippen LogP contribution in [0.1, 0.15) is 11.3 Å². The van der Waals surface area contributed by atoms with E-state index >= 15 is 0 Å². The van der Waals surface area contributed by atoms with E-state index in [9.17, 15) is 8.42 Å². The average Bonchev–Trinajstić information content (AvgIpc) is 2.79. The standard InChI is InChI=1S/C12H16N4O2S/c1-9-12(8-14-15-9)19(17,18)16-11-4-2-10(3-5-11)6-7-13/h2-5,8,16H,6-7,13H2,1H3,(H,14,15). The normalized spacial score (nSPS) is 11.5. The van der Waals surface area contributed by atoms with Crippen LogP contribution in [-0.2, 0) is 16.4 Å². The first-order valence-electron chi connectivity index (χ1n) is 5.85. The number of rotatable bonds is 5. The molecule has 0 saturated heterocycles. The third-order valence-electron chi connectivity index (χ3n) is 2.71. The largest absolute Gasteiger partial charge is 0.330 e. The van der Waals surface area contributed by atoms with Gasteiger partial charge in [-0.15, -0.1) is 0 Å². The fourth-order valence-corrected chi connectivity index (χ4v) is 2.92. The molecule has 0 aliphatic carbocycles. The highest BCUT2D eigenvalue weighted by molar-refractivity contribution is 7.92. The second kappa shape index (κ2) is 5.41. The second-order valence-electron chi connectivity index (χ2n) is 4.20. The van der Waals surface area contributed by atoms with E-state index in [1.54, 1.807) is 19.1 Å². The van der Waals surface area contributed by atoms with E-state index in [1.165, 1.54) is 6.20 Å². The van der Waals surface area contributed by atoms with E-state index in [0.717, 1.165) is 12.0 Å². The number of aromatic amines is 1. The fourth-order valence-electron chi connectivity index (χ4n) is 1.73. The Balaban J connectivity index is 2.19. The van der Waals surface area contributed by atoms with Crippen molar-refractivity contribution >= 4 is 15.7 Å². The Labute approximate surface area is 112 Å². The summed E-state index contributed by atoms with van der Waals surface area (Å²) in [5.74, 6) is 0. The van der Waals surface area contributed by atoms with E-state index in [-0.39, 0.29) is 4.90 Å². The predicted octanol–water partition coefficient (Wildman–Crippen LogP) is 1.02. The number of aryl methyl sites for hydroxylation is 1. The van der Waals surface area contributed by atoms with Crippen LogP contribution in [-0.4, -0.2) is 25.2 Å². The summed E-state index contributed by atoms with van der Waals surface area (Å²) in [6, 6.07) is 7.15. The molecule has 2 aromatic rings. The molecule has 1 aromatic heterocycles. The summed E-state index contributed by atoms with van der Waals surface area (Å²) >= 11 is 0. The number of hydrogen-bond acceptors (Lipinski definition) is 4. The van der Waals surface area contributed by atoms with Crippen LogP contribution in [0.2, 0.25) is 0 Å². The molecule has 0 amide bonds. The van der Waals surface area contributed by atoms with E-state index in [4.69, 9.17) is 5.73 Å². The third kappa shape index (κ3) is 3.12. The Morgan fingerprint density at radius 1 is 1.32 bits per heavy atom. The molecule has 7 heteroatoms. The van der Waals surface area contributed by atoms with Gasteiger partial charge in [0, 0.05) is 5.69 Å². The molecule has 0 radical (unpaired) electrons. The molecule has 1 aromatic carbocycles. The maximum absolute atomic E-state index is 12.1. The number of hydrogen-bond donors (Lipinski definition) is 3. The van der Waals surface area contributed by atoms with E-state index in [2.05, 4.69) is 14.9 Å². The lowest BCUT2D eigenvalue weighted by Crippen LogP contribution is -2.13. The molecule has 0 saturated carbocycles. The molecular formula is C12H16N4O2S. The summed E-state index contributed by atoms with van der Waals surface area (Å²) in [5, 5.41) is 6.31. The highest BCUT2D eigenvalue weighted by Crippen LogP contribution is 2.17. The third-order valence-corrected chi connectivity index (χ3v) is 4.21. The van der Waals surface area contributed by atoms with Crippen molar-refractivity contribution in [1.82, 2.24) is 10.2 Å². The lowest BCUT2D eigenvalue weighted by molar-refractivity contribution is 0.600. The SMILES string of the molecule is Cc1[nH]ncc1S(=O)(=O)Nc1ccc(CCN)cc1. The molecule has 102 valence electrons. The summed E-state index contributed by atoms with van der Waals surface area (Å²) < 4.78 is 26.7. The minimum Gasteiger partial charge on any atom is -0.330 e. The van der Waals surface area contributed by atoms with Gasteiger partial charge < -0.3 is 5.73 Å². The molecule has 0 aliphatic rings. The van der Waals surface area contributed by atoms with Gasteiger partial charge >= 0.3 is 0 Å². The Morgan fingerprint density at radius 2 is 2.00 bits per heavy atom. The quantitative estimate of drug-likeness (QED) is 0.761. The van der Waals surface area contributed by atoms with Crippen LogP contribution in [0.5, 0.6) is 0 Å². The van der Waals surface area contributed by atoms with E-state index < -0.39 is 10.0 Å². The number of benzene rings is 1. The van der Waals surface area contributed by atoms with Crippen LogP contribution < -0.4 is 10.5 Å². The molecule has 0 unspecified atom stereocenters. The molecule has 0 bridgehead atoms. The van der Waals surface area contributed by atoms with Gasteiger partial charge in [0.1, 0.15) is 4.90 Å². The van der Waals surface area contributed by atoms with Crippen molar-refractivity contribution in [3.8, 4) is 0 Å². The maximum Gasteiger partial charge on any atom is 0.265 e. The highest BCUT2D eigenvalue weighted by atomic mass is 32.2. The van der Waals surface area contributed by atoms with Crippen LogP contribution in [0.4, 0.5) is 5.69 Å². The summed E-state index contributed by atoms with van der Waals surface area (Å²) in [4.78, 5) is 0.151. The fraction of sp³-hybridized carbons (Fsp3) is 0.250. The number of aromatic nitrogens is 2. The molecular weight excluding hydrogens is 264 g/mol. The molecule has 0 fully saturated rings. The van der Waals surface area contributed by atoms with Gasteiger partial charge in [-0.3, -0.25) is 9.82 Å². The Morgan fingerprint density at radius 3 is 2.53 bits per heavy atom. The minimum absolute atomic E-state index is 0.151. The van der Waals surface area contributed by atoms with E-state index in [0.29, 0.717) is 17.9 Å². The van der Waals surface area contributed by atoms with Crippen LogP contribution in [0, 0.1) is 6.92 Å². The Hall–Kier alpha value is -1.86. The predicted molar refractivity (Wildman–Crippen MR) is 73.3 cm³/mol. The van der Waals surface area contributed by atoms with Gasteiger partial charge in [0.25, 0.3) is 10.0 Å². The first-order chi connectivity index (χ1) is 9.03. The summed E-state index contributed by atoms with van der Waals surface area (Å²) in [6.45, 7) is 2.23. The maximum atomic E-state index is 12.1. The summed E-state index contributed by atoms with van der Waals surface area (Å²) in [6.07, 6.45) is 2.06. The number of anilines is 1. The number of nitrogens with zero attached hydrogens (tertiary/aromatic N) is 1. The van der Waals surface area contributed by atoms with Crippen molar-refractivity contribution < 1.29 is 8.42 Å². The zero-order valence-electron chi connectivity index (χ0n) is 10.6. The Bertz CT molecular complexity index is 647. The van der Waals surface area contributed by atoms with Crippen molar-refractivity contribution in [2.75, 3.05) is 11.3 Å². The van der Waals surface area contributed by atoms with Crippen LogP contribution in [0.25, 0.3) is 0 Å². The second-order valence-corrected chi connectivity index (χ2v) is 5.85. The zero-order valence-corrected chi connectivity index (χ0v) is 11.4. The van der Waals surface area contributed by atoms with Gasteiger partial charge in [-0.25, -0.2) is 8.42 Å². The molecule has 2 rings (SSSR count). The molecule has 19 heavy (non-hydrogen) atoms. The summed E-state index contributed by atoms with van der Waals surface area (Å²) in [7, 11) is -3.59. The highest BCUT2D eigenvalue weighted by Gasteiger charge is 2.18. The zero-order chi connectivity index (χ0) is 13.9. The van der Waals surface area contributed by atoms with Crippen molar-refractivity contribution in [1.29, 1.82) is 0 Å². The number of sulfonamides is 1. The van der Waals surface area contributed by atoms with Crippen LogP contribution in [0.15, 0.2) is 35.4 Å². The molecule has 0 spiro atoms. The molecule has 4 N–H and O–H groups in total. The van der Waals surface area contributed by atoms with Crippen LogP contribution >= 0.6 is 0 Å². The van der Waals surface area contributed by atoms with E-state index in [1.807, 2.05) is 12.1 Å². The van der Waals surface area contributed by atoms with Crippen molar-refractivity contribution in [2.45, 2.75) is 18.2 Å². The Kier molecular flexibility index (Phi) is 3.87. The summed E-state index contributed by atoms with van der Waals surface area (Å²) in [5.41, 5.74) is 7.56. The minimum atomic E-state index is -3.59. The number of nitrogens with one attached hydrogen (secondary N) is 2. The molecule has 0 aliphatic heterocycles. The lowest BCUT2D eigenvalue weighted by Gasteiger charge is -2.07. The average molecular weight is 280 g/mol. The van der Waals surface area contributed by atoms with Crippen molar-refractivity contribution in [3.05, 3.63) is 41.7 Å². The molecule has 6 nitrogen and oxygen atoms in total. The van der Waals surface area contributed by atoms with Gasteiger partial charge in [-0.05, 0) is 37.6 Å². The monoisotopic (exact) mass is 280 g/mol. The smallest absolute Gasteiger partial charge is 0.265 e. The van der Waals surface area contributed by atoms with Gasteiger partial charge in [0.05, 0.1) is 11.9 Å². The number of H-pyrrole nitrogens is 1. The lowest BCUT2D eigenvalue weighted by atomic mass is 10.1. The van der Waals surface area contributed by atoms with Crippen LogP contribution in [0.3, 0.4) is 0 Å². The van der Waals surface area contributed by atoms with Gasteiger partial charge in [0.2, 0.25) is 0 Å². The molecule has 1 heterocycles.